The molecule has 0 radical (unpaired) electrons. The van der Waals surface area contributed by atoms with Gasteiger partial charge in [-0.25, -0.2) is 0 Å². The summed E-state index contributed by atoms with van der Waals surface area (Å²) in [7, 11) is 0. The van der Waals surface area contributed by atoms with Crippen LogP contribution in [0.5, 0.6) is 0 Å². The Balaban J connectivity index is 1.72. The van der Waals surface area contributed by atoms with E-state index >= 15 is 0 Å². The van der Waals surface area contributed by atoms with Crippen LogP contribution < -0.4 is 0 Å². The van der Waals surface area contributed by atoms with E-state index in [1.807, 2.05) is 0 Å². The topological polar surface area (TPSA) is 0 Å². The highest BCUT2D eigenvalue weighted by Gasteiger charge is 2.63. The van der Waals surface area contributed by atoms with Crippen LogP contribution in [0.4, 0.5) is 0 Å². The zero-order valence-corrected chi connectivity index (χ0v) is 14.2. The number of fused-ring (bicyclic) bond motifs is 3. The van der Waals surface area contributed by atoms with Gasteiger partial charge in [0.05, 0.1) is 0 Å². The molecule has 0 aromatic carbocycles. The van der Waals surface area contributed by atoms with Crippen molar-refractivity contribution in [1.82, 2.24) is 0 Å². The van der Waals surface area contributed by atoms with Gasteiger partial charge >= 0.3 is 0 Å². The van der Waals surface area contributed by atoms with Crippen LogP contribution in [0.25, 0.3) is 0 Å². The summed E-state index contributed by atoms with van der Waals surface area (Å²) in [6.45, 7) is 10.4. The number of rotatable bonds is 0. The molecule has 4 saturated carbocycles. The molecule has 0 aromatic heterocycles. The van der Waals surface area contributed by atoms with Crippen molar-refractivity contribution in [2.75, 3.05) is 0 Å². The Morgan fingerprint density at radius 3 is 2.40 bits per heavy atom. The molecule has 114 valence electrons. The summed E-state index contributed by atoms with van der Waals surface area (Å²) in [5.74, 6) is 4.18. The van der Waals surface area contributed by atoms with Gasteiger partial charge in [-0.2, -0.15) is 0 Å². The summed E-state index contributed by atoms with van der Waals surface area (Å²) in [6, 6.07) is 0. The Morgan fingerprint density at radius 2 is 1.60 bits per heavy atom. The van der Waals surface area contributed by atoms with Crippen molar-refractivity contribution in [1.29, 1.82) is 0 Å². The van der Waals surface area contributed by atoms with E-state index in [2.05, 4.69) is 27.7 Å². The molecule has 4 rings (SSSR count). The maximum Gasteiger partial charge on any atom is -0.0258 e. The van der Waals surface area contributed by atoms with Gasteiger partial charge in [0.2, 0.25) is 0 Å². The van der Waals surface area contributed by atoms with Crippen molar-refractivity contribution in [2.24, 2.45) is 39.9 Å². The molecule has 0 aromatic rings. The first-order chi connectivity index (χ1) is 9.37. The first-order valence-electron chi connectivity index (χ1n) is 9.37. The average Bonchev–Trinajstić information content (AvgIpc) is 2.58. The fraction of sp³-hybridized carbons (Fsp3) is 1.00. The summed E-state index contributed by atoms with van der Waals surface area (Å²) < 4.78 is 0. The summed E-state index contributed by atoms with van der Waals surface area (Å²) in [5, 5.41) is 0. The van der Waals surface area contributed by atoms with E-state index in [-0.39, 0.29) is 0 Å². The van der Waals surface area contributed by atoms with Crippen molar-refractivity contribution in [3.63, 3.8) is 0 Å². The standard InChI is InChI=1S/C20H34/c1-14-12-20-11-8-16-18(2,3)9-5-10-19(16,4)17(20)7-6-15(14)13-20/h14-17H,5-13H2,1-4H3/t14-,15-,16-,17-,19+,20-/m1/s1. The first kappa shape index (κ1) is 13.6. The molecular formula is C20H34. The fourth-order valence-electron chi connectivity index (χ4n) is 8.12. The molecule has 0 aliphatic heterocycles. The zero-order valence-electron chi connectivity index (χ0n) is 14.2. The van der Waals surface area contributed by atoms with Gasteiger partial charge in [0.25, 0.3) is 0 Å². The lowest BCUT2D eigenvalue weighted by Gasteiger charge is -2.64. The second kappa shape index (κ2) is 4.05. The molecule has 2 bridgehead atoms. The molecule has 0 heteroatoms. The third kappa shape index (κ3) is 1.60. The third-order valence-corrected chi connectivity index (χ3v) is 8.77. The molecule has 0 saturated heterocycles. The van der Waals surface area contributed by atoms with Crippen molar-refractivity contribution < 1.29 is 0 Å². The molecule has 6 atom stereocenters. The molecule has 1 spiro atoms. The van der Waals surface area contributed by atoms with Crippen LogP contribution in [0.15, 0.2) is 0 Å². The smallest absolute Gasteiger partial charge is 0.0258 e. The van der Waals surface area contributed by atoms with Crippen molar-refractivity contribution in [2.45, 2.75) is 85.5 Å². The van der Waals surface area contributed by atoms with Gasteiger partial charge in [-0.05, 0) is 91.3 Å². The SMILES string of the molecule is C[C@@H]1C[C@@]23CC[C@@H]4C(C)(C)CCC[C@]4(C)[C@H]2CC[C@@H]1C3. The number of hydrogen-bond donors (Lipinski definition) is 0. The molecule has 4 aliphatic rings. The van der Waals surface area contributed by atoms with E-state index in [1.54, 1.807) is 38.5 Å². The Labute approximate surface area is 126 Å². The highest BCUT2D eigenvalue weighted by molar-refractivity contribution is 5.12. The monoisotopic (exact) mass is 274 g/mol. The Bertz CT molecular complexity index is 404. The maximum absolute atomic E-state index is 2.72. The van der Waals surface area contributed by atoms with E-state index in [9.17, 15) is 0 Å². The van der Waals surface area contributed by atoms with Gasteiger partial charge in [-0.3, -0.25) is 0 Å². The quantitative estimate of drug-likeness (QED) is 0.504. The van der Waals surface area contributed by atoms with Crippen LogP contribution in [0, 0.1) is 39.9 Å². The van der Waals surface area contributed by atoms with Crippen LogP contribution in [0.2, 0.25) is 0 Å². The van der Waals surface area contributed by atoms with E-state index in [0.29, 0.717) is 10.8 Å². The second-order valence-electron chi connectivity index (χ2n) is 10.1. The van der Waals surface area contributed by atoms with E-state index in [4.69, 9.17) is 0 Å². The Kier molecular flexibility index (Phi) is 2.76. The molecule has 0 N–H and O–H groups in total. The minimum Gasteiger partial charge on any atom is -0.0622 e. The highest BCUT2D eigenvalue weighted by atomic mass is 14.7. The van der Waals surface area contributed by atoms with Crippen LogP contribution in [-0.4, -0.2) is 0 Å². The predicted octanol–water partition coefficient (Wildman–Crippen LogP) is 6.06. The molecular weight excluding hydrogens is 240 g/mol. The fourth-order valence-corrected chi connectivity index (χ4v) is 8.12. The third-order valence-electron chi connectivity index (χ3n) is 8.77. The molecule has 0 unspecified atom stereocenters. The van der Waals surface area contributed by atoms with E-state index < -0.39 is 0 Å². The molecule has 20 heavy (non-hydrogen) atoms. The minimum atomic E-state index is 0.607. The summed E-state index contributed by atoms with van der Waals surface area (Å²) in [5.41, 5.74) is 2.06. The zero-order chi connectivity index (χ0) is 14.2. The van der Waals surface area contributed by atoms with E-state index in [1.165, 1.54) is 19.3 Å². The van der Waals surface area contributed by atoms with Crippen molar-refractivity contribution >= 4 is 0 Å². The van der Waals surface area contributed by atoms with Crippen LogP contribution in [0.3, 0.4) is 0 Å². The lowest BCUT2D eigenvalue weighted by molar-refractivity contribution is -0.144. The molecule has 4 fully saturated rings. The Morgan fingerprint density at radius 1 is 0.800 bits per heavy atom. The van der Waals surface area contributed by atoms with Crippen molar-refractivity contribution in [3.05, 3.63) is 0 Å². The van der Waals surface area contributed by atoms with Crippen LogP contribution >= 0.6 is 0 Å². The first-order valence-corrected chi connectivity index (χ1v) is 9.37. The van der Waals surface area contributed by atoms with Crippen molar-refractivity contribution in [3.8, 4) is 0 Å². The van der Waals surface area contributed by atoms with Gasteiger partial charge in [0.15, 0.2) is 0 Å². The number of hydrogen-bond acceptors (Lipinski definition) is 0. The summed E-state index contributed by atoms with van der Waals surface area (Å²) in [4.78, 5) is 0. The van der Waals surface area contributed by atoms with Crippen LogP contribution in [0.1, 0.15) is 85.5 Å². The minimum absolute atomic E-state index is 0.607. The van der Waals surface area contributed by atoms with Crippen LogP contribution in [-0.2, 0) is 0 Å². The van der Waals surface area contributed by atoms with Gasteiger partial charge in [0.1, 0.15) is 0 Å². The molecule has 0 amide bonds. The van der Waals surface area contributed by atoms with Gasteiger partial charge in [0, 0.05) is 0 Å². The van der Waals surface area contributed by atoms with Gasteiger partial charge in [-0.15, -0.1) is 0 Å². The lowest BCUT2D eigenvalue weighted by Crippen LogP contribution is -2.55. The average molecular weight is 274 g/mol. The van der Waals surface area contributed by atoms with Gasteiger partial charge < -0.3 is 0 Å². The molecule has 0 nitrogen and oxygen atoms in total. The maximum atomic E-state index is 2.72. The predicted molar refractivity (Wildman–Crippen MR) is 85.5 cm³/mol. The molecule has 4 aliphatic carbocycles. The normalized spacial score (nSPS) is 57.0. The summed E-state index contributed by atoms with van der Waals surface area (Å²) in [6.07, 6.45) is 13.9. The lowest BCUT2D eigenvalue weighted by atomic mass is 9.41. The van der Waals surface area contributed by atoms with Gasteiger partial charge in [-0.1, -0.05) is 34.1 Å². The summed E-state index contributed by atoms with van der Waals surface area (Å²) >= 11 is 0. The molecule has 0 heterocycles. The highest BCUT2D eigenvalue weighted by Crippen LogP contribution is 2.72. The van der Waals surface area contributed by atoms with E-state index in [0.717, 1.165) is 29.1 Å². The largest absolute Gasteiger partial charge is 0.0622 e. The Hall–Kier alpha value is 0. The second-order valence-corrected chi connectivity index (χ2v) is 10.1.